The van der Waals surface area contributed by atoms with Crippen LogP contribution in [0.4, 0.5) is 4.39 Å². The lowest BCUT2D eigenvalue weighted by Crippen LogP contribution is -1.99. The Hall–Kier alpha value is -1.84. The summed E-state index contributed by atoms with van der Waals surface area (Å²) in [5.41, 5.74) is 0.560. The highest BCUT2D eigenvalue weighted by molar-refractivity contribution is 5.85. The Morgan fingerprint density at radius 3 is 2.94 bits per heavy atom. The fourth-order valence-corrected chi connectivity index (χ4v) is 1.26. The Morgan fingerprint density at radius 1 is 1.53 bits per heavy atom. The Kier molecular flexibility index (Phi) is 5.20. The number of ether oxygens (including phenoxy) is 1. The van der Waals surface area contributed by atoms with Crippen LogP contribution in [0.5, 0.6) is 5.75 Å². The van der Waals surface area contributed by atoms with Gasteiger partial charge in [0.2, 0.25) is 0 Å². The molecule has 1 aromatic rings. The van der Waals surface area contributed by atoms with Crippen LogP contribution < -0.4 is 4.74 Å². The quantitative estimate of drug-likeness (QED) is 0.612. The normalized spacial score (nSPS) is 10.7. The van der Waals surface area contributed by atoms with Gasteiger partial charge in [-0.15, -0.1) is 0 Å². The summed E-state index contributed by atoms with van der Waals surface area (Å²) in [6.07, 6.45) is 4.25. The van der Waals surface area contributed by atoms with Gasteiger partial charge >= 0.3 is 5.97 Å². The molecule has 1 N–H and O–H groups in total. The van der Waals surface area contributed by atoms with Crippen molar-refractivity contribution in [1.29, 1.82) is 0 Å². The Bertz CT molecular complexity index is 413. The highest BCUT2D eigenvalue weighted by Gasteiger charge is 2.03. The second kappa shape index (κ2) is 6.68. The van der Waals surface area contributed by atoms with Crippen LogP contribution >= 0.6 is 0 Å². The molecule has 0 amide bonds. The molecule has 1 aromatic carbocycles. The lowest BCUT2D eigenvalue weighted by Gasteiger charge is -2.08. The summed E-state index contributed by atoms with van der Waals surface area (Å²) >= 11 is 0. The molecule has 0 spiro atoms. The van der Waals surface area contributed by atoms with Gasteiger partial charge in [0.25, 0.3) is 0 Å². The van der Waals surface area contributed by atoms with Gasteiger partial charge in [-0.1, -0.05) is 13.3 Å². The Labute approximate surface area is 99.5 Å². The zero-order valence-corrected chi connectivity index (χ0v) is 9.65. The number of carboxylic acids is 1. The molecular weight excluding hydrogens is 223 g/mol. The van der Waals surface area contributed by atoms with E-state index >= 15 is 0 Å². The monoisotopic (exact) mass is 238 g/mol. The predicted molar refractivity (Wildman–Crippen MR) is 63.5 cm³/mol. The molecule has 0 bridgehead atoms. The molecule has 0 atom stereocenters. The van der Waals surface area contributed by atoms with Crippen molar-refractivity contribution in [2.24, 2.45) is 0 Å². The van der Waals surface area contributed by atoms with Crippen LogP contribution in [0, 0.1) is 5.82 Å². The standard InChI is InChI=1S/C13H15FO3/c1-2-3-8-17-12-9-11(14)6-4-10(12)5-7-13(15)16/h4-7,9H,2-3,8H2,1H3,(H,15,16)/b7-5+. The fraction of sp³-hybridized carbons (Fsp3) is 0.308. The van der Waals surface area contributed by atoms with Gasteiger partial charge in [0, 0.05) is 17.7 Å². The van der Waals surface area contributed by atoms with E-state index in [2.05, 4.69) is 0 Å². The zero-order valence-electron chi connectivity index (χ0n) is 9.65. The molecule has 4 heteroatoms. The third-order valence-corrected chi connectivity index (χ3v) is 2.14. The van der Waals surface area contributed by atoms with Crippen LogP contribution in [0.25, 0.3) is 6.08 Å². The third-order valence-electron chi connectivity index (χ3n) is 2.14. The van der Waals surface area contributed by atoms with E-state index in [4.69, 9.17) is 9.84 Å². The minimum Gasteiger partial charge on any atom is -0.493 e. The molecule has 0 heterocycles. The van der Waals surface area contributed by atoms with E-state index in [0.717, 1.165) is 18.9 Å². The number of unbranched alkanes of at least 4 members (excludes halogenated alkanes) is 1. The minimum atomic E-state index is -1.05. The molecule has 0 aromatic heterocycles. The number of hydrogen-bond acceptors (Lipinski definition) is 2. The van der Waals surface area contributed by atoms with E-state index in [0.29, 0.717) is 17.9 Å². The van der Waals surface area contributed by atoms with Crippen LogP contribution in [-0.4, -0.2) is 17.7 Å². The number of carbonyl (C=O) groups is 1. The van der Waals surface area contributed by atoms with E-state index < -0.39 is 11.8 Å². The van der Waals surface area contributed by atoms with E-state index in [1.807, 2.05) is 6.92 Å². The fourth-order valence-electron chi connectivity index (χ4n) is 1.26. The highest BCUT2D eigenvalue weighted by atomic mass is 19.1. The summed E-state index contributed by atoms with van der Waals surface area (Å²) in [5.74, 6) is -1.08. The smallest absolute Gasteiger partial charge is 0.328 e. The molecule has 0 aliphatic carbocycles. The average Bonchev–Trinajstić information content (AvgIpc) is 2.28. The Morgan fingerprint density at radius 2 is 2.29 bits per heavy atom. The summed E-state index contributed by atoms with van der Waals surface area (Å²) < 4.78 is 18.4. The van der Waals surface area contributed by atoms with Crippen LogP contribution in [0.2, 0.25) is 0 Å². The van der Waals surface area contributed by atoms with Gasteiger partial charge < -0.3 is 9.84 Å². The maximum atomic E-state index is 13.0. The van der Waals surface area contributed by atoms with Crippen molar-refractivity contribution in [2.75, 3.05) is 6.61 Å². The van der Waals surface area contributed by atoms with Gasteiger partial charge in [-0.2, -0.15) is 0 Å². The molecule has 3 nitrogen and oxygen atoms in total. The number of aliphatic carboxylic acids is 1. The summed E-state index contributed by atoms with van der Waals surface area (Å²) in [6.45, 7) is 2.52. The van der Waals surface area contributed by atoms with Crippen molar-refractivity contribution in [3.05, 3.63) is 35.7 Å². The largest absolute Gasteiger partial charge is 0.493 e. The highest BCUT2D eigenvalue weighted by Crippen LogP contribution is 2.21. The Balaban J connectivity index is 2.83. The van der Waals surface area contributed by atoms with Gasteiger partial charge in [-0.25, -0.2) is 9.18 Å². The van der Waals surface area contributed by atoms with Crippen LogP contribution in [0.3, 0.4) is 0 Å². The first-order valence-electron chi connectivity index (χ1n) is 5.47. The van der Waals surface area contributed by atoms with E-state index in [1.54, 1.807) is 0 Å². The predicted octanol–water partition coefficient (Wildman–Crippen LogP) is 3.10. The summed E-state index contributed by atoms with van der Waals surface area (Å²) in [6, 6.07) is 4.03. The second-order valence-electron chi connectivity index (χ2n) is 3.56. The first-order chi connectivity index (χ1) is 8.13. The summed E-state index contributed by atoms with van der Waals surface area (Å²) in [4.78, 5) is 10.4. The van der Waals surface area contributed by atoms with Crippen LogP contribution in [0.1, 0.15) is 25.3 Å². The van der Waals surface area contributed by atoms with Crippen LogP contribution in [0.15, 0.2) is 24.3 Å². The first kappa shape index (κ1) is 13.2. The SMILES string of the molecule is CCCCOc1cc(F)ccc1/C=C/C(=O)O. The average molecular weight is 238 g/mol. The molecule has 92 valence electrons. The van der Waals surface area contributed by atoms with E-state index in [9.17, 15) is 9.18 Å². The van der Waals surface area contributed by atoms with Crippen molar-refractivity contribution in [3.63, 3.8) is 0 Å². The molecule has 0 saturated heterocycles. The molecule has 0 aliphatic rings. The molecule has 0 aliphatic heterocycles. The van der Waals surface area contributed by atoms with Crippen LogP contribution in [-0.2, 0) is 4.79 Å². The lowest BCUT2D eigenvalue weighted by molar-refractivity contribution is -0.131. The van der Waals surface area contributed by atoms with Crippen molar-refractivity contribution in [1.82, 2.24) is 0 Å². The topological polar surface area (TPSA) is 46.5 Å². The van der Waals surface area contributed by atoms with Gasteiger partial charge in [0.05, 0.1) is 6.61 Å². The number of halogens is 1. The minimum absolute atomic E-state index is 0.371. The van der Waals surface area contributed by atoms with Gasteiger partial charge in [0.1, 0.15) is 11.6 Å². The zero-order chi connectivity index (χ0) is 12.7. The molecule has 0 radical (unpaired) electrons. The molecular formula is C13H15FO3. The maximum absolute atomic E-state index is 13.0. The van der Waals surface area contributed by atoms with Crippen molar-refractivity contribution in [2.45, 2.75) is 19.8 Å². The van der Waals surface area contributed by atoms with Crippen molar-refractivity contribution < 1.29 is 19.0 Å². The number of hydrogen-bond donors (Lipinski definition) is 1. The molecule has 17 heavy (non-hydrogen) atoms. The van der Waals surface area contributed by atoms with Gasteiger partial charge in [-0.05, 0) is 24.6 Å². The summed E-state index contributed by atoms with van der Waals surface area (Å²) in [5, 5.41) is 8.53. The lowest BCUT2D eigenvalue weighted by atomic mass is 10.2. The number of rotatable bonds is 6. The molecule has 0 unspecified atom stereocenters. The van der Waals surface area contributed by atoms with E-state index in [-0.39, 0.29) is 0 Å². The first-order valence-corrected chi connectivity index (χ1v) is 5.47. The molecule has 0 fully saturated rings. The number of carboxylic acid groups (broad SMARTS) is 1. The van der Waals surface area contributed by atoms with Crippen molar-refractivity contribution in [3.8, 4) is 5.75 Å². The molecule has 1 rings (SSSR count). The third kappa shape index (κ3) is 4.68. The van der Waals surface area contributed by atoms with Gasteiger partial charge in [0.15, 0.2) is 0 Å². The maximum Gasteiger partial charge on any atom is 0.328 e. The molecule has 0 saturated carbocycles. The summed E-state index contributed by atoms with van der Waals surface area (Å²) in [7, 11) is 0. The second-order valence-corrected chi connectivity index (χ2v) is 3.56. The van der Waals surface area contributed by atoms with Gasteiger partial charge in [-0.3, -0.25) is 0 Å². The van der Waals surface area contributed by atoms with Crippen molar-refractivity contribution >= 4 is 12.0 Å². The van der Waals surface area contributed by atoms with E-state index in [1.165, 1.54) is 24.3 Å². The number of benzene rings is 1.